The molecule has 134 valence electrons. The van der Waals surface area contributed by atoms with E-state index in [1.165, 1.54) is 22.9 Å². The second kappa shape index (κ2) is 7.51. The lowest BCUT2D eigenvalue weighted by atomic mass is 9.95. The third-order valence-electron chi connectivity index (χ3n) is 4.21. The molecular formula is C17H19ClFN3O3. The van der Waals surface area contributed by atoms with Crippen molar-refractivity contribution in [2.24, 2.45) is 5.92 Å². The molecule has 8 heteroatoms. The molecular weight excluding hydrogens is 349 g/mol. The van der Waals surface area contributed by atoms with Crippen molar-refractivity contribution in [3.8, 4) is 0 Å². The zero-order valence-electron chi connectivity index (χ0n) is 13.7. The second-order valence-electron chi connectivity index (χ2n) is 6.09. The molecule has 0 radical (unpaired) electrons. The van der Waals surface area contributed by atoms with Crippen LogP contribution in [0.1, 0.15) is 27.8 Å². The first-order valence-electron chi connectivity index (χ1n) is 8.00. The summed E-state index contributed by atoms with van der Waals surface area (Å²) in [4.78, 5) is 11.4. The fraction of sp³-hybridized carbons (Fsp3) is 0.412. The number of benzene rings is 1. The average molecular weight is 368 g/mol. The van der Waals surface area contributed by atoms with Gasteiger partial charge in [0.2, 0.25) is 0 Å². The maximum Gasteiger partial charge on any atom is 0.354 e. The van der Waals surface area contributed by atoms with E-state index in [1.54, 1.807) is 13.0 Å². The van der Waals surface area contributed by atoms with Crippen LogP contribution in [0, 0.1) is 18.7 Å². The molecule has 1 aromatic carbocycles. The number of hydrogen-bond acceptors (Lipinski definition) is 4. The molecule has 0 saturated carbocycles. The molecule has 1 aromatic heterocycles. The number of aromatic carboxylic acids is 1. The highest BCUT2D eigenvalue weighted by atomic mass is 35.5. The number of hydrogen-bond donors (Lipinski definition) is 2. The van der Waals surface area contributed by atoms with Crippen molar-refractivity contribution in [3.05, 3.63) is 52.1 Å². The van der Waals surface area contributed by atoms with Crippen molar-refractivity contribution >= 4 is 17.6 Å². The van der Waals surface area contributed by atoms with Gasteiger partial charge in [0.05, 0.1) is 23.4 Å². The molecule has 25 heavy (non-hydrogen) atoms. The van der Waals surface area contributed by atoms with Gasteiger partial charge in [-0.1, -0.05) is 17.7 Å². The van der Waals surface area contributed by atoms with Crippen LogP contribution in [0.4, 0.5) is 4.39 Å². The van der Waals surface area contributed by atoms with Gasteiger partial charge in [-0.2, -0.15) is 5.10 Å². The molecule has 1 fully saturated rings. The zero-order chi connectivity index (χ0) is 18.0. The van der Waals surface area contributed by atoms with Crippen molar-refractivity contribution in [2.75, 3.05) is 19.7 Å². The van der Waals surface area contributed by atoms with E-state index in [0.717, 1.165) is 0 Å². The van der Waals surface area contributed by atoms with Crippen LogP contribution in [0.25, 0.3) is 0 Å². The Balaban J connectivity index is 1.91. The summed E-state index contributed by atoms with van der Waals surface area (Å²) in [6.45, 7) is 3.85. The van der Waals surface area contributed by atoms with Crippen LogP contribution in [0.15, 0.2) is 24.3 Å². The van der Waals surface area contributed by atoms with Gasteiger partial charge in [-0.3, -0.25) is 4.68 Å². The first-order chi connectivity index (χ1) is 12.0. The smallest absolute Gasteiger partial charge is 0.354 e. The number of carboxylic acid groups (broad SMARTS) is 1. The van der Waals surface area contributed by atoms with Crippen LogP contribution in [0.5, 0.6) is 0 Å². The van der Waals surface area contributed by atoms with Crippen molar-refractivity contribution < 1.29 is 19.0 Å². The second-order valence-corrected chi connectivity index (χ2v) is 6.49. The Morgan fingerprint density at radius 1 is 1.52 bits per heavy atom. The Bertz CT molecular complexity index is 780. The highest BCUT2D eigenvalue weighted by molar-refractivity contribution is 6.30. The maximum atomic E-state index is 13.9. The van der Waals surface area contributed by atoms with Crippen molar-refractivity contribution in [1.82, 2.24) is 15.1 Å². The molecule has 2 heterocycles. The number of ether oxygens (including phenoxy) is 1. The quantitative estimate of drug-likeness (QED) is 0.868. The number of nitrogens with one attached hydrogen (secondary N) is 1. The molecule has 2 N–H and O–H groups in total. The van der Waals surface area contributed by atoms with E-state index in [4.69, 9.17) is 16.3 Å². The predicted molar refractivity (Wildman–Crippen MR) is 90.4 cm³/mol. The Morgan fingerprint density at radius 2 is 2.32 bits per heavy atom. The summed E-state index contributed by atoms with van der Waals surface area (Å²) < 4.78 is 21.2. The molecule has 1 aliphatic rings. The van der Waals surface area contributed by atoms with Crippen LogP contribution in [0.2, 0.25) is 5.02 Å². The number of aryl methyl sites for hydroxylation is 1. The standard InChI is InChI=1S/C17H19ClFN3O3/c1-10-6-15(17(23)24)22(21-10)9-12-8-20-4-5-25-16(12)11-2-3-13(18)14(19)7-11/h2-3,6-7,12,16,20H,4-5,8-9H2,1H3,(H,23,24). The fourth-order valence-corrected chi connectivity index (χ4v) is 3.20. The summed E-state index contributed by atoms with van der Waals surface area (Å²) >= 11 is 5.77. The lowest BCUT2D eigenvalue weighted by Crippen LogP contribution is -2.29. The van der Waals surface area contributed by atoms with Gasteiger partial charge in [0, 0.05) is 25.6 Å². The van der Waals surface area contributed by atoms with Gasteiger partial charge < -0.3 is 15.2 Å². The third kappa shape index (κ3) is 4.00. The number of aromatic nitrogens is 2. The molecule has 2 aromatic rings. The largest absolute Gasteiger partial charge is 0.477 e. The SMILES string of the molecule is Cc1cc(C(=O)O)n(CC2CNCCOC2c2ccc(Cl)c(F)c2)n1. The van der Waals surface area contributed by atoms with E-state index < -0.39 is 11.8 Å². The molecule has 3 rings (SSSR count). The molecule has 6 nitrogen and oxygen atoms in total. The summed E-state index contributed by atoms with van der Waals surface area (Å²) in [7, 11) is 0. The molecule has 1 saturated heterocycles. The highest BCUT2D eigenvalue weighted by Gasteiger charge is 2.29. The van der Waals surface area contributed by atoms with Gasteiger partial charge in [-0.05, 0) is 30.7 Å². The lowest BCUT2D eigenvalue weighted by Gasteiger charge is -2.25. The average Bonchev–Trinajstić information content (AvgIpc) is 2.78. The topological polar surface area (TPSA) is 76.4 Å². The molecule has 0 bridgehead atoms. The van der Waals surface area contributed by atoms with Gasteiger partial charge in [-0.15, -0.1) is 0 Å². The fourth-order valence-electron chi connectivity index (χ4n) is 3.09. The lowest BCUT2D eigenvalue weighted by molar-refractivity contribution is 0.0234. The summed E-state index contributed by atoms with van der Waals surface area (Å²) in [6.07, 6.45) is -0.382. The van der Waals surface area contributed by atoms with E-state index >= 15 is 0 Å². The van der Waals surface area contributed by atoms with E-state index in [-0.39, 0.29) is 22.7 Å². The third-order valence-corrected chi connectivity index (χ3v) is 4.52. The summed E-state index contributed by atoms with van der Waals surface area (Å²) in [6, 6.07) is 6.15. The van der Waals surface area contributed by atoms with Crippen molar-refractivity contribution in [1.29, 1.82) is 0 Å². The zero-order valence-corrected chi connectivity index (χ0v) is 14.5. The Kier molecular flexibility index (Phi) is 5.36. The van der Waals surface area contributed by atoms with Gasteiger partial charge in [0.15, 0.2) is 0 Å². The Labute approximate surface area is 149 Å². The minimum atomic E-state index is -1.03. The highest BCUT2D eigenvalue weighted by Crippen LogP contribution is 2.31. The van der Waals surface area contributed by atoms with Gasteiger partial charge in [0.25, 0.3) is 0 Å². The van der Waals surface area contributed by atoms with Gasteiger partial charge in [-0.25, -0.2) is 9.18 Å². The first kappa shape index (κ1) is 17.8. The Morgan fingerprint density at radius 3 is 3.04 bits per heavy atom. The van der Waals surface area contributed by atoms with Crippen molar-refractivity contribution in [3.63, 3.8) is 0 Å². The number of carboxylic acids is 1. The van der Waals surface area contributed by atoms with Gasteiger partial charge >= 0.3 is 5.97 Å². The van der Waals surface area contributed by atoms with Crippen LogP contribution < -0.4 is 5.32 Å². The summed E-state index contributed by atoms with van der Waals surface area (Å²) in [5.41, 5.74) is 1.44. The number of carbonyl (C=O) groups is 1. The van der Waals surface area contributed by atoms with Crippen LogP contribution in [-0.4, -0.2) is 40.6 Å². The number of halogens is 2. The maximum absolute atomic E-state index is 13.9. The Hall–Kier alpha value is -1.96. The molecule has 2 atom stereocenters. The molecule has 0 aliphatic carbocycles. The van der Waals surface area contributed by atoms with Gasteiger partial charge in [0.1, 0.15) is 11.5 Å². The molecule has 2 unspecified atom stereocenters. The normalized spacial score (nSPS) is 21.1. The van der Waals surface area contributed by atoms with Crippen molar-refractivity contribution in [2.45, 2.75) is 19.6 Å². The number of rotatable bonds is 4. The van der Waals surface area contributed by atoms with Crippen LogP contribution in [-0.2, 0) is 11.3 Å². The minimum absolute atomic E-state index is 0.0583. The predicted octanol–water partition coefficient (Wildman–Crippen LogP) is 2.66. The number of nitrogens with zero attached hydrogens (tertiary/aromatic N) is 2. The van der Waals surface area contributed by atoms with E-state index in [1.807, 2.05) is 0 Å². The first-order valence-corrected chi connectivity index (χ1v) is 8.38. The monoisotopic (exact) mass is 367 g/mol. The molecule has 0 spiro atoms. The van der Waals surface area contributed by atoms with E-state index in [9.17, 15) is 14.3 Å². The van der Waals surface area contributed by atoms with E-state index in [2.05, 4.69) is 10.4 Å². The molecule has 0 amide bonds. The molecule has 1 aliphatic heterocycles. The summed E-state index contributed by atoms with van der Waals surface area (Å²) in [5, 5.41) is 16.9. The van der Waals surface area contributed by atoms with Crippen LogP contribution >= 0.6 is 11.6 Å². The summed E-state index contributed by atoms with van der Waals surface area (Å²) in [5.74, 6) is -1.64. The van der Waals surface area contributed by atoms with E-state index in [0.29, 0.717) is 37.5 Å². The minimum Gasteiger partial charge on any atom is -0.477 e. The van der Waals surface area contributed by atoms with Crippen LogP contribution in [0.3, 0.4) is 0 Å².